The van der Waals surface area contributed by atoms with Crippen molar-refractivity contribution < 1.29 is 13.2 Å². The van der Waals surface area contributed by atoms with Crippen molar-refractivity contribution in [2.45, 2.75) is 20.3 Å². The number of hydrogen-bond acceptors (Lipinski definition) is 3. The second-order valence-electron chi connectivity index (χ2n) is 5.88. The first-order valence-electron chi connectivity index (χ1n) is 7.78. The predicted molar refractivity (Wildman–Crippen MR) is 103 cm³/mol. The number of halogens is 1. The zero-order valence-electron chi connectivity index (χ0n) is 14.4. The smallest absolute Gasteiger partial charge is 0.232 e. The number of nitrogens with zero attached hydrogens (tertiary/aromatic N) is 1. The molecule has 0 spiro atoms. The van der Waals surface area contributed by atoms with Crippen molar-refractivity contribution in [2.75, 3.05) is 22.4 Å². The van der Waals surface area contributed by atoms with E-state index in [1.54, 1.807) is 24.3 Å². The van der Waals surface area contributed by atoms with E-state index < -0.39 is 10.0 Å². The standard InChI is InChI=1S/C18H21ClN2O3S/c1-13-8-9-15(12-14(13)2)20-18(22)10-11-21(25(3,23)24)17-7-5-4-6-16(17)19/h4-9,12H,10-11H2,1-3H3,(H,20,22). The maximum absolute atomic E-state index is 12.2. The molecule has 0 heterocycles. The van der Waals surface area contributed by atoms with Gasteiger partial charge >= 0.3 is 0 Å². The third-order valence-corrected chi connectivity index (χ3v) is 5.35. The molecule has 2 rings (SSSR count). The van der Waals surface area contributed by atoms with Crippen molar-refractivity contribution in [1.82, 2.24) is 0 Å². The lowest BCUT2D eigenvalue weighted by atomic mass is 10.1. The summed E-state index contributed by atoms with van der Waals surface area (Å²) in [5.41, 5.74) is 3.27. The minimum atomic E-state index is -3.55. The number of carbonyl (C=O) groups excluding carboxylic acids is 1. The summed E-state index contributed by atoms with van der Waals surface area (Å²) in [5, 5.41) is 3.11. The molecular weight excluding hydrogens is 360 g/mol. The summed E-state index contributed by atoms with van der Waals surface area (Å²) in [5.74, 6) is -0.260. The fourth-order valence-electron chi connectivity index (χ4n) is 2.36. The van der Waals surface area contributed by atoms with Gasteiger partial charge in [-0.1, -0.05) is 29.8 Å². The van der Waals surface area contributed by atoms with Crippen molar-refractivity contribution in [3.63, 3.8) is 0 Å². The molecule has 7 heteroatoms. The molecule has 0 unspecified atom stereocenters. The highest BCUT2D eigenvalue weighted by Gasteiger charge is 2.20. The molecule has 0 aliphatic heterocycles. The molecular formula is C18H21ClN2O3S. The maximum atomic E-state index is 12.2. The number of rotatable bonds is 6. The van der Waals surface area contributed by atoms with Crippen LogP contribution in [0.3, 0.4) is 0 Å². The summed E-state index contributed by atoms with van der Waals surface area (Å²) in [7, 11) is -3.55. The summed E-state index contributed by atoms with van der Waals surface area (Å²) in [6.45, 7) is 3.97. The third kappa shape index (κ3) is 5.21. The number of hydrogen-bond donors (Lipinski definition) is 1. The molecule has 25 heavy (non-hydrogen) atoms. The third-order valence-electron chi connectivity index (χ3n) is 3.85. The summed E-state index contributed by atoms with van der Waals surface area (Å²) in [6.07, 6.45) is 1.11. The van der Waals surface area contributed by atoms with Gasteiger partial charge in [0.25, 0.3) is 0 Å². The second kappa shape index (κ2) is 7.89. The zero-order valence-corrected chi connectivity index (χ0v) is 16.0. The van der Waals surface area contributed by atoms with Gasteiger partial charge in [0.1, 0.15) is 0 Å². The van der Waals surface area contributed by atoms with Crippen molar-refractivity contribution in [2.24, 2.45) is 0 Å². The Morgan fingerprint density at radius 2 is 1.80 bits per heavy atom. The average molecular weight is 381 g/mol. The molecule has 0 aliphatic carbocycles. The summed E-state index contributed by atoms with van der Waals surface area (Å²) in [4.78, 5) is 12.2. The highest BCUT2D eigenvalue weighted by Crippen LogP contribution is 2.27. The lowest BCUT2D eigenvalue weighted by molar-refractivity contribution is -0.116. The van der Waals surface area contributed by atoms with Crippen LogP contribution in [0.5, 0.6) is 0 Å². The molecule has 0 saturated carbocycles. The van der Waals surface area contributed by atoms with E-state index in [1.165, 1.54) is 0 Å². The van der Waals surface area contributed by atoms with Gasteiger partial charge < -0.3 is 5.32 Å². The topological polar surface area (TPSA) is 66.5 Å². The Labute approximate surface area is 153 Å². The fraction of sp³-hybridized carbons (Fsp3) is 0.278. The quantitative estimate of drug-likeness (QED) is 0.829. The molecule has 0 fully saturated rings. The number of amides is 1. The van der Waals surface area contributed by atoms with E-state index in [-0.39, 0.29) is 18.9 Å². The Kier molecular flexibility index (Phi) is 6.08. The van der Waals surface area contributed by atoms with Crippen LogP contribution >= 0.6 is 11.6 Å². The molecule has 2 aromatic carbocycles. The molecule has 0 radical (unpaired) electrons. The minimum Gasteiger partial charge on any atom is -0.326 e. The monoisotopic (exact) mass is 380 g/mol. The first-order valence-corrected chi connectivity index (χ1v) is 10.0. The molecule has 5 nitrogen and oxygen atoms in total. The van der Waals surface area contributed by atoms with Gasteiger partial charge in [-0.2, -0.15) is 0 Å². The maximum Gasteiger partial charge on any atom is 0.232 e. The van der Waals surface area contributed by atoms with Gasteiger partial charge in [-0.05, 0) is 49.2 Å². The van der Waals surface area contributed by atoms with Crippen LogP contribution in [0, 0.1) is 13.8 Å². The molecule has 134 valence electrons. The summed E-state index contributed by atoms with van der Waals surface area (Å²) < 4.78 is 25.3. The van der Waals surface area contributed by atoms with Crippen molar-refractivity contribution >= 4 is 38.9 Å². The molecule has 1 amide bonds. The van der Waals surface area contributed by atoms with Gasteiger partial charge in [-0.25, -0.2) is 8.42 Å². The Hall–Kier alpha value is -2.05. The minimum absolute atomic E-state index is 0.0131. The number of nitrogens with one attached hydrogen (secondary N) is 1. The lowest BCUT2D eigenvalue weighted by Crippen LogP contribution is -2.33. The van der Waals surface area contributed by atoms with Gasteiger partial charge in [0.2, 0.25) is 15.9 Å². The van der Waals surface area contributed by atoms with Crippen LogP contribution in [-0.4, -0.2) is 27.1 Å². The van der Waals surface area contributed by atoms with Crippen LogP contribution in [0.4, 0.5) is 11.4 Å². The van der Waals surface area contributed by atoms with Crippen LogP contribution < -0.4 is 9.62 Å². The van der Waals surface area contributed by atoms with Gasteiger partial charge in [0.05, 0.1) is 17.0 Å². The van der Waals surface area contributed by atoms with E-state index in [0.29, 0.717) is 16.4 Å². The predicted octanol–water partition coefficient (Wildman–Crippen LogP) is 3.75. The van der Waals surface area contributed by atoms with Crippen LogP contribution in [0.15, 0.2) is 42.5 Å². The van der Waals surface area contributed by atoms with Crippen molar-refractivity contribution in [3.05, 3.63) is 58.6 Å². The van der Waals surface area contributed by atoms with E-state index in [1.807, 2.05) is 32.0 Å². The van der Waals surface area contributed by atoms with Crippen molar-refractivity contribution in [3.8, 4) is 0 Å². The molecule has 0 bridgehead atoms. The van der Waals surface area contributed by atoms with Crippen LogP contribution in [0.1, 0.15) is 17.5 Å². The van der Waals surface area contributed by atoms with Gasteiger partial charge in [0.15, 0.2) is 0 Å². The normalized spacial score (nSPS) is 11.2. The SMILES string of the molecule is Cc1ccc(NC(=O)CCN(c2ccccc2Cl)S(C)(=O)=O)cc1C. The fourth-order valence-corrected chi connectivity index (χ4v) is 3.59. The van der Waals surface area contributed by atoms with Gasteiger partial charge in [-0.15, -0.1) is 0 Å². The van der Waals surface area contributed by atoms with E-state index in [9.17, 15) is 13.2 Å². The molecule has 0 aliphatic rings. The van der Waals surface area contributed by atoms with Gasteiger partial charge in [-0.3, -0.25) is 9.10 Å². The first kappa shape index (κ1) is 19.3. The Bertz CT molecular complexity index is 882. The average Bonchev–Trinajstić information content (AvgIpc) is 2.51. The number of sulfonamides is 1. The number of anilines is 2. The van der Waals surface area contributed by atoms with Crippen molar-refractivity contribution in [1.29, 1.82) is 0 Å². The highest BCUT2D eigenvalue weighted by molar-refractivity contribution is 7.92. The molecule has 0 aromatic heterocycles. The first-order chi connectivity index (χ1) is 11.7. The zero-order chi connectivity index (χ0) is 18.6. The van der Waals surface area contributed by atoms with Crippen LogP contribution in [0.25, 0.3) is 0 Å². The number of aryl methyl sites for hydroxylation is 2. The van der Waals surface area contributed by atoms with E-state index >= 15 is 0 Å². The van der Waals surface area contributed by atoms with E-state index in [4.69, 9.17) is 11.6 Å². The highest BCUT2D eigenvalue weighted by atomic mass is 35.5. The molecule has 1 N–H and O–H groups in total. The summed E-state index contributed by atoms with van der Waals surface area (Å²) >= 11 is 6.10. The number of para-hydroxylation sites is 1. The van der Waals surface area contributed by atoms with Crippen LogP contribution in [-0.2, 0) is 14.8 Å². The second-order valence-corrected chi connectivity index (χ2v) is 8.20. The number of carbonyl (C=O) groups is 1. The molecule has 0 atom stereocenters. The summed E-state index contributed by atoms with van der Waals surface area (Å²) in [6, 6.07) is 12.3. The van der Waals surface area contributed by atoms with E-state index in [2.05, 4.69) is 5.32 Å². The van der Waals surface area contributed by atoms with Crippen LogP contribution in [0.2, 0.25) is 5.02 Å². The molecule has 2 aromatic rings. The lowest BCUT2D eigenvalue weighted by Gasteiger charge is -2.23. The van der Waals surface area contributed by atoms with Gasteiger partial charge in [0, 0.05) is 18.7 Å². The number of benzene rings is 2. The largest absolute Gasteiger partial charge is 0.326 e. The Morgan fingerprint density at radius 3 is 2.40 bits per heavy atom. The molecule has 0 saturated heterocycles. The Balaban J connectivity index is 2.09. The van der Waals surface area contributed by atoms with E-state index in [0.717, 1.165) is 21.7 Å². The Morgan fingerprint density at radius 1 is 1.12 bits per heavy atom.